The maximum Gasteiger partial charge on any atom is 0.254 e. The zero-order valence-electron chi connectivity index (χ0n) is 17.2. The molecule has 2 amide bonds. The third kappa shape index (κ3) is 5.79. The SMILES string of the molecule is CC(=O)NC1CCC(C)(Nc2ncc(C(N)=O)c(N[C@@H]3CCC[C@H](O)C3)n2)CC1. The van der Waals surface area contributed by atoms with Crippen LogP contribution in [0.2, 0.25) is 0 Å². The summed E-state index contributed by atoms with van der Waals surface area (Å²) in [7, 11) is 0. The lowest BCUT2D eigenvalue weighted by atomic mass is 9.81. The van der Waals surface area contributed by atoms with Gasteiger partial charge in [-0.15, -0.1) is 0 Å². The van der Waals surface area contributed by atoms with Gasteiger partial charge >= 0.3 is 0 Å². The van der Waals surface area contributed by atoms with Gasteiger partial charge in [0.25, 0.3) is 5.91 Å². The zero-order chi connectivity index (χ0) is 21.0. The largest absolute Gasteiger partial charge is 0.393 e. The number of aromatic nitrogens is 2. The van der Waals surface area contributed by atoms with Crippen LogP contribution in [0.3, 0.4) is 0 Å². The Labute approximate surface area is 171 Å². The lowest BCUT2D eigenvalue weighted by molar-refractivity contribution is -0.119. The summed E-state index contributed by atoms with van der Waals surface area (Å²) in [6, 6.07) is 0.249. The van der Waals surface area contributed by atoms with E-state index >= 15 is 0 Å². The maximum atomic E-state index is 11.8. The highest BCUT2D eigenvalue weighted by molar-refractivity contribution is 5.97. The molecule has 9 nitrogen and oxygen atoms in total. The molecule has 0 unspecified atom stereocenters. The van der Waals surface area contributed by atoms with Gasteiger partial charge in [0.1, 0.15) is 5.82 Å². The molecule has 0 aliphatic heterocycles. The van der Waals surface area contributed by atoms with E-state index < -0.39 is 5.91 Å². The standard InChI is InChI=1S/C20H32N6O3/c1-12(27)23-13-6-8-20(2,9-7-13)26-19-22-11-16(17(21)29)18(25-19)24-14-4-3-5-15(28)10-14/h11,13-15,28H,3-10H2,1-2H3,(H2,21,29)(H,23,27)(H2,22,24,25,26)/t13?,14-,15+,20?/m1/s1. The third-order valence-electron chi connectivity index (χ3n) is 5.95. The maximum absolute atomic E-state index is 11.8. The zero-order valence-corrected chi connectivity index (χ0v) is 17.2. The number of aliphatic hydroxyl groups excluding tert-OH is 1. The number of hydrogen-bond donors (Lipinski definition) is 5. The first-order valence-corrected chi connectivity index (χ1v) is 10.4. The van der Waals surface area contributed by atoms with Crippen molar-refractivity contribution < 1.29 is 14.7 Å². The lowest BCUT2D eigenvalue weighted by Gasteiger charge is -2.38. The number of primary amides is 1. The minimum atomic E-state index is -0.586. The molecule has 0 bridgehead atoms. The van der Waals surface area contributed by atoms with Gasteiger partial charge < -0.3 is 26.8 Å². The average molecular weight is 405 g/mol. The number of carbonyl (C=O) groups excluding carboxylic acids is 2. The van der Waals surface area contributed by atoms with E-state index in [-0.39, 0.29) is 35.2 Å². The Kier molecular flexibility index (Phi) is 6.56. The molecule has 3 rings (SSSR count). The summed E-state index contributed by atoms with van der Waals surface area (Å²) in [5.41, 5.74) is 5.55. The fraction of sp³-hybridized carbons (Fsp3) is 0.700. The van der Waals surface area contributed by atoms with Crippen LogP contribution in [-0.4, -0.2) is 50.6 Å². The Morgan fingerprint density at radius 2 is 1.93 bits per heavy atom. The van der Waals surface area contributed by atoms with Gasteiger partial charge in [0.2, 0.25) is 11.9 Å². The van der Waals surface area contributed by atoms with Crippen LogP contribution in [0.1, 0.15) is 75.6 Å². The lowest BCUT2D eigenvalue weighted by Crippen LogP contribution is -2.45. The average Bonchev–Trinajstić information content (AvgIpc) is 2.63. The van der Waals surface area contributed by atoms with Gasteiger partial charge in [-0.25, -0.2) is 4.98 Å². The smallest absolute Gasteiger partial charge is 0.254 e. The van der Waals surface area contributed by atoms with Gasteiger partial charge in [0.15, 0.2) is 0 Å². The van der Waals surface area contributed by atoms with E-state index in [2.05, 4.69) is 32.8 Å². The molecule has 2 aliphatic rings. The molecule has 2 fully saturated rings. The minimum absolute atomic E-state index is 0.000448. The number of aliphatic hydroxyl groups is 1. The summed E-state index contributed by atoms with van der Waals surface area (Å²) in [6.07, 6.45) is 7.87. The number of nitrogens with one attached hydrogen (secondary N) is 3. The molecule has 2 aliphatic carbocycles. The molecule has 0 radical (unpaired) electrons. The highest BCUT2D eigenvalue weighted by Crippen LogP contribution is 2.31. The Bertz CT molecular complexity index is 748. The fourth-order valence-corrected chi connectivity index (χ4v) is 4.30. The van der Waals surface area contributed by atoms with Crippen LogP contribution in [0.5, 0.6) is 0 Å². The van der Waals surface area contributed by atoms with Crippen molar-refractivity contribution in [2.24, 2.45) is 5.73 Å². The topological polar surface area (TPSA) is 142 Å². The second-order valence-corrected chi connectivity index (χ2v) is 8.64. The first-order valence-electron chi connectivity index (χ1n) is 10.4. The van der Waals surface area contributed by atoms with Crippen molar-refractivity contribution in [2.45, 2.75) is 88.9 Å². The summed E-state index contributed by atoms with van der Waals surface area (Å²) < 4.78 is 0. The third-order valence-corrected chi connectivity index (χ3v) is 5.95. The first kappa shape index (κ1) is 21.3. The van der Waals surface area contributed by atoms with Crippen molar-refractivity contribution in [3.8, 4) is 0 Å². The van der Waals surface area contributed by atoms with Gasteiger partial charge in [0, 0.05) is 30.7 Å². The van der Waals surface area contributed by atoms with Crippen LogP contribution < -0.4 is 21.7 Å². The number of hydrogen-bond acceptors (Lipinski definition) is 7. The van der Waals surface area contributed by atoms with E-state index in [4.69, 9.17) is 5.73 Å². The molecule has 0 saturated heterocycles. The summed E-state index contributed by atoms with van der Waals surface area (Å²) in [4.78, 5) is 31.9. The van der Waals surface area contributed by atoms with Gasteiger partial charge in [0.05, 0.1) is 11.7 Å². The molecule has 6 N–H and O–H groups in total. The van der Waals surface area contributed by atoms with E-state index in [0.717, 1.165) is 44.9 Å². The van der Waals surface area contributed by atoms with Crippen LogP contribution in [0.4, 0.5) is 11.8 Å². The molecule has 160 valence electrons. The van der Waals surface area contributed by atoms with Crippen LogP contribution in [0.25, 0.3) is 0 Å². The van der Waals surface area contributed by atoms with Crippen molar-refractivity contribution in [3.05, 3.63) is 11.8 Å². The van der Waals surface area contributed by atoms with Crippen molar-refractivity contribution >= 4 is 23.6 Å². The molecular formula is C20H32N6O3. The first-order chi connectivity index (χ1) is 13.7. The van der Waals surface area contributed by atoms with E-state index in [0.29, 0.717) is 18.2 Å². The quantitative estimate of drug-likeness (QED) is 0.484. The van der Waals surface area contributed by atoms with Gasteiger partial charge in [-0.1, -0.05) is 0 Å². The normalized spacial score (nSPS) is 29.7. The molecule has 0 spiro atoms. The molecule has 1 aromatic rings. The molecule has 1 aromatic heterocycles. The van der Waals surface area contributed by atoms with Crippen LogP contribution in [0.15, 0.2) is 6.20 Å². The second kappa shape index (κ2) is 8.94. The van der Waals surface area contributed by atoms with E-state index in [1.54, 1.807) is 6.92 Å². The summed E-state index contributed by atoms with van der Waals surface area (Å²) in [5, 5.41) is 19.6. The minimum Gasteiger partial charge on any atom is -0.393 e. The number of nitrogens with two attached hydrogens (primary N) is 1. The molecule has 9 heteroatoms. The van der Waals surface area contributed by atoms with E-state index in [1.165, 1.54) is 6.20 Å². The molecule has 29 heavy (non-hydrogen) atoms. The Morgan fingerprint density at radius 3 is 2.55 bits per heavy atom. The number of anilines is 2. The fourth-order valence-electron chi connectivity index (χ4n) is 4.30. The van der Waals surface area contributed by atoms with Crippen molar-refractivity contribution in [1.82, 2.24) is 15.3 Å². The van der Waals surface area contributed by atoms with Crippen LogP contribution in [-0.2, 0) is 4.79 Å². The van der Waals surface area contributed by atoms with Crippen molar-refractivity contribution in [2.75, 3.05) is 10.6 Å². The molecular weight excluding hydrogens is 372 g/mol. The number of nitrogens with zero attached hydrogens (tertiary/aromatic N) is 2. The van der Waals surface area contributed by atoms with E-state index in [1.807, 2.05) is 0 Å². The predicted octanol–water partition coefficient (Wildman–Crippen LogP) is 1.54. The number of rotatable bonds is 6. The Balaban J connectivity index is 1.69. The number of amides is 2. The number of carbonyl (C=O) groups is 2. The summed E-state index contributed by atoms with van der Waals surface area (Å²) in [6.45, 7) is 3.66. The van der Waals surface area contributed by atoms with Gasteiger partial charge in [-0.2, -0.15) is 4.98 Å². The van der Waals surface area contributed by atoms with Crippen molar-refractivity contribution in [1.29, 1.82) is 0 Å². The molecule has 2 atom stereocenters. The highest BCUT2D eigenvalue weighted by Gasteiger charge is 2.32. The Hall–Kier alpha value is -2.42. The molecule has 0 aromatic carbocycles. The molecule has 1 heterocycles. The summed E-state index contributed by atoms with van der Waals surface area (Å²) in [5.74, 6) is 0.261. The highest BCUT2D eigenvalue weighted by atomic mass is 16.3. The monoisotopic (exact) mass is 404 g/mol. The molecule has 2 saturated carbocycles. The van der Waals surface area contributed by atoms with Crippen LogP contribution >= 0.6 is 0 Å². The van der Waals surface area contributed by atoms with E-state index in [9.17, 15) is 14.7 Å². The predicted molar refractivity (Wildman–Crippen MR) is 111 cm³/mol. The van der Waals surface area contributed by atoms with Crippen molar-refractivity contribution in [3.63, 3.8) is 0 Å². The second-order valence-electron chi connectivity index (χ2n) is 8.64. The summed E-state index contributed by atoms with van der Waals surface area (Å²) >= 11 is 0. The van der Waals surface area contributed by atoms with Gasteiger partial charge in [-0.05, 0) is 58.3 Å². The van der Waals surface area contributed by atoms with Gasteiger partial charge in [-0.3, -0.25) is 9.59 Å². The Morgan fingerprint density at radius 1 is 1.21 bits per heavy atom. The van der Waals surface area contributed by atoms with Crippen LogP contribution in [0, 0.1) is 0 Å².